The molecule has 0 fully saturated rings. The molecule has 1 unspecified atom stereocenters. The summed E-state index contributed by atoms with van der Waals surface area (Å²) in [7, 11) is 0. The van der Waals surface area contributed by atoms with E-state index in [9.17, 15) is 0 Å². The number of rotatable bonds is 7. The summed E-state index contributed by atoms with van der Waals surface area (Å²) in [4.78, 5) is 0. The molecule has 1 N–H and O–H groups in total. The van der Waals surface area contributed by atoms with Gasteiger partial charge in [0.2, 0.25) is 0 Å². The van der Waals surface area contributed by atoms with Crippen LogP contribution < -0.4 is 5.32 Å². The summed E-state index contributed by atoms with van der Waals surface area (Å²) < 4.78 is 5.71. The van der Waals surface area contributed by atoms with Gasteiger partial charge in [-0.05, 0) is 43.5 Å². The smallest absolute Gasteiger partial charge is 0.0642 e. The quantitative estimate of drug-likeness (QED) is 0.738. The SMILES string of the molecule is CC(C)CC(C)OCCNc1ccc(Cl)cc1. The summed E-state index contributed by atoms with van der Waals surface area (Å²) in [6.45, 7) is 8.11. The van der Waals surface area contributed by atoms with Gasteiger partial charge in [-0.2, -0.15) is 0 Å². The van der Waals surface area contributed by atoms with E-state index in [1.165, 1.54) is 0 Å². The lowest BCUT2D eigenvalue weighted by molar-refractivity contribution is 0.0591. The van der Waals surface area contributed by atoms with Crippen molar-refractivity contribution in [1.29, 1.82) is 0 Å². The lowest BCUT2D eigenvalue weighted by atomic mass is 10.1. The van der Waals surface area contributed by atoms with E-state index in [0.717, 1.165) is 30.3 Å². The Labute approximate surface area is 109 Å². The molecule has 0 heterocycles. The van der Waals surface area contributed by atoms with Gasteiger partial charge in [-0.15, -0.1) is 0 Å². The Kier molecular flexibility index (Phi) is 6.38. The van der Waals surface area contributed by atoms with Crippen molar-refractivity contribution in [2.45, 2.75) is 33.3 Å². The van der Waals surface area contributed by atoms with Crippen molar-refractivity contribution in [2.24, 2.45) is 5.92 Å². The van der Waals surface area contributed by atoms with E-state index < -0.39 is 0 Å². The number of nitrogens with one attached hydrogen (secondary N) is 1. The Morgan fingerprint density at radius 3 is 2.41 bits per heavy atom. The zero-order chi connectivity index (χ0) is 12.7. The average Bonchev–Trinajstić information content (AvgIpc) is 2.26. The number of ether oxygens (including phenoxy) is 1. The van der Waals surface area contributed by atoms with Gasteiger partial charge >= 0.3 is 0 Å². The van der Waals surface area contributed by atoms with Crippen LogP contribution in [0.2, 0.25) is 5.02 Å². The van der Waals surface area contributed by atoms with Crippen molar-refractivity contribution in [1.82, 2.24) is 0 Å². The van der Waals surface area contributed by atoms with Crippen molar-refractivity contribution >= 4 is 17.3 Å². The lowest BCUT2D eigenvalue weighted by Crippen LogP contribution is -2.17. The van der Waals surface area contributed by atoms with Crippen LogP contribution in [0.4, 0.5) is 5.69 Å². The van der Waals surface area contributed by atoms with Crippen molar-refractivity contribution in [3.05, 3.63) is 29.3 Å². The molecule has 0 saturated carbocycles. The van der Waals surface area contributed by atoms with Crippen LogP contribution in [0.25, 0.3) is 0 Å². The molecule has 0 amide bonds. The molecule has 96 valence electrons. The second-order valence-electron chi connectivity index (χ2n) is 4.74. The molecule has 0 radical (unpaired) electrons. The van der Waals surface area contributed by atoms with Crippen molar-refractivity contribution < 1.29 is 4.74 Å². The van der Waals surface area contributed by atoms with Crippen molar-refractivity contribution in [2.75, 3.05) is 18.5 Å². The van der Waals surface area contributed by atoms with Gasteiger partial charge in [-0.1, -0.05) is 25.4 Å². The van der Waals surface area contributed by atoms with Gasteiger partial charge in [0.25, 0.3) is 0 Å². The van der Waals surface area contributed by atoms with E-state index in [2.05, 4.69) is 26.1 Å². The molecule has 1 atom stereocenters. The maximum Gasteiger partial charge on any atom is 0.0642 e. The van der Waals surface area contributed by atoms with Crippen LogP contribution in [0.3, 0.4) is 0 Å². The minimum Gasteiger partial charge on any atom is -0.383 e. The highest BCUT2D eigenvalue weighted by atomic mass is 35.5. The van der Waals surface area contributed by atoms with E-state index in [0.29, 0.717) is 12.0 Å². The van der Waals surface area contributed by atoms with Crippen molar-refractivity contribution in [3.8, 4) is 0 Å². The Morgan fingerprint density at radius 2 is 1.82 bits per heavy atom. The van der Waals surface area contributed by atoms with Crippen LogP contribution in [-0.2, 0) is 4.74 Å². The minimum atomic E-state index is 0.335. The second-order valence-corrected chi connectivity index (χ2v) is 5.18. The summed E-state index contributed by atoms with van der Waals surface area (Å²) in [6, 6.07) is 7.71. The molecular weight excluding hydrogens is 234 g/mol. The molecule has 0 aromatic heterocycles. The molecule has 1 aromatic carbocycles. The lowest BCUT2D eigenvalue weighted by Gasteiger charge is -2.15. The first-order valence-electron chi connectivity index (χ1n) is 6.19. The van der Waals surface area contributed by atoms with Gasteiger partial charge < -0.3 is 10.1 Å². The minimum absolute atomic E-state index is 0.335. The molecule has 0 spiro atoms. The Bertz CT molecular complexity index is 311. The highest BCUT2D eigenvalue weighted by Crippen LogP contribution is 2.13. The van der Waals surface area contributed by atoms with Crippen LogP contribution in [0.1, 0.15) is 27.2 Å². The summed E-state index contributed by atoms with van der Waals surface area (Å²) >= 11 is 5.81. The topological polar surface area (TPSA) is 21.3 Å². The molecule has 17 heavy (non-hydrogen) atoms. The van der Waals surface area contributed by atoms with E-state index in [1.807, 2.05) is 24.3 Å². The molecule has 0 aliphatic rings. The number of hydrogen-bond acceptors (Lipinski definition) is 2. The number of anilines is 1. The highest BCUT2D eigenvalue weighted by molar-refractivity contribution is 6.30. The third-order valence-electron chi connectivity index (χ3n) is 2.48. The molecule has 3 heteroatoms. The van der Waals surface area contributed by atoms with Crippen LogP contribution >= 0.6 is 11.6 Å². The molecule has 2 nitrogen and oxygen atoms in total. The van der Waals surface area contributed by atoms with Gasteiger partial charge in [0.1, 0.15) is 0 Å². The van der Waals surface area contributed by atoms with Gasteiger partial charge in [0, 0.05) is 17.3 Å². The van der Waals surface area contributed by atoms with Gasteiger partial charge in [0.15, 0.2) is 0 Å². The average molecular weight is 256 g/mol. The highest BCUT2D eigenvalue weighted by Gasteiger charge is 2.04. The van der Waals surface area contributed by atoms with Gasteiger partial charge in [-0.3, -0.25) is 0 Å². The third kappa shape index (κ3) is 6.54. The maximum absolute atomic E-state index is 5.81. The first-order valence-corrected chi connectivity index (χ1v) is 6.56. The zero-order valence-corrected chi connectivity index (χ0v) is 11.6. The zero-order valence-electron chi connectivity index (χ0n) is 10.9. The van der Waals surface area contributed by atoms with E-state index >= 15 is 0 Å². The number of halogens is 1. The van der Waals surface area contributed by atoms with Crippen molar-refractivity contribution in [3.63, 3.8) is 0 Å². The first kappa shape index (κ1) is 14.3. The predicted octanol–water partition coefficient (Wildman–Crippen LogP) is 4.20. The summed E-state index contributed by atoms with van der Waals surface area (Å²) in [5.74, 6) is 0.689. The molecular formula is C14H22ClNO. The fraction of sp³-hybridized carbons (Fsp3) is 0.571. The molecule has 1 aromatic rings. The Morgan fingerprint density at radius 1 is 1.18 bits per heavy atom. The van der Waals surface area contributed by atoms with Crippen LogP contribution in [-0.4, -0.2) is 19.3 Å². The van der Waals surface area contributed by atoms with Crippen LogP contribution in [0.15, 0.2) is 24.3 Å². The summed E-state index contributed by atoms with van der Waals surface area (Å²) in [5.41, 5.74) is 1.08. The predicted molar refractivity (Wildman–Crippen MR) is 74.8 cm³/mol. The molecule has 0 saturated heterocycles. The van der Waals surface area contributed by atoms with E-state index in [4.69, 9.17) is 16.3 Å². The third-order valence-corrected chi connectivity index (χ3v) is 2.73. The van der Waals surface area contributed by atoms with Crippen LogP contribution in [0.5, 0.6) is 0 Å². The second kappa shape index (κ2) is 7.57. The fourth-order valence-electron chi connectivity index (χ4n) is 1.76. The standard InChI is InChI=1S/C14H22ClNO/c1-11(2)10-12(3)17-9-8-16-14-6-4-13(15)5-7-14/h4-7,11-12,16H,8-10H2,1-3H3. The molecule has 0 aliphatic heterocycles. The van der Waals surface area contributed by atoms with Crippen LogP contribution in [0, 0.1) is 5.92 Å². The normalized spacial score (nSPS) is 12.8. The van der Waals surface area contributed by atoms with Gasteiger partial charge in [-0.25, -0.2) is 0 Å². The van der Waals surface area contributed by atoms with E-state index in [1.54, 1.807) is 0 Å². The monoisotopic (exact) mass is 255 g/mol. The largest absolute Gasteiger partial charge is 0.383 e. The summed E-state index contributed by atoms with van der Waals surface area (Å²) in [5, 5.41) is 4.06. The maximum atomic E-state index is 5.81. The Balaban J connectivity index is 2.13. The molecule has 1 rings (SSSR count). The molecule has 0 bridgehead atoms. The number of hydrogen-bond donors (Lipinski definition) is 1. The van der Waals surface area contributed by atoms with Gasteiger partial charge in [0.05, 0.1) is 12.7 Å². The fourth-order valence-corrected chi connectivity index (χ4v) is 1.88. The first-order chi connectivity index (χ1) is 8.08. The number of benzene rings is 1. The Hall–Kier alpha value is -0.730. The molecule has 0 aliphatic carbocycles. The van der Waals surface area contributed by atoms with E-state index in [-0.39, 0.29) is 0 Å². The summed E-state index contributed by atoms with van der Waals surface area (Å²) in [6.07, 6.45) is 1.45.